The smallest absolute Gasteiger partial charge is 0.383 e. The van der Waals surface area contributed by atoms with E-state index in [0.29, 0.717) is 48.5 Å². The highest BCUT2D eigenvalue weighted by Crippen LogP contribution is 2.44. The van der Waals surface area contributed by atoms with Crippen LogP contribution in [0.4, 0.5) is 18.9 Å². The summed E-state index contributed by atoms with van der Waals surface area (Å²) < 4.78 is 44.0. The lowest BCUT2D eigenvalue weighted by molar-refractivity contribution is -0.193. The summed E-state index contributed by atoms with van der Waals surface area (Å²) in [5, 5.41) is 10.4. The van der Waals surface area contributed by atoms with E-state index in [4.69, 9.17) is 22.3 Å². The first-order valence-electron chi connectivity index (χ1n) is 16.2. The number of rotatable bonds is 5. The van der Waals surface area contributed by atoms with E-state index >= 15 is 0 Å². The SMILES string of the molecule is Cc1sc2c(c1C)C(c1ccc(Cl)cc1)=N[C@@H](CC(=O)N1CC3(C1)CN(c1ccc(C(=O)OC(=O)C(F)(F)F)c(C#CCN)c1)C3)c1nnc(C)n1-2. The third-order valence-corrected chi connectivity index (χ3v) is 11.0. The number of anilines is 1. The van der Waals surface area contributed by atoms with Gasteiger partial charge in [0.2, 0.25) is 5.91 Å². The predicted octanol–water partition coefficient (Wildman–Crippen LogP) is 5.09. The second kappa shape index (κ2) is 13.2. The number of aryl methyl sites for hydroxylation is 2. The van der Waals surface area contributed by atoms with E-state index < -0.39 is 24.2 Å². The Labute approximate surface area is 305 Å². The molecular weight excluding hydrogens is 719 g/mol. The van der Waals surface area contributed by atoms with Crippen molar-refractivity contribution < 1.29 is 32.3 Å². The van der Waals surface area contributed by atoms with E-state index in [2.05, 4.69) is 40.6 Å². The van der Waals surface area contributed by atoms with E-state index in [1.54, 1.807) is 23.5 Å². The number of benzene rings is 2. The van der Waals surface area contributed by atoms with Crippen LogP contribution in [0.25, 0.3) is 5.00 Å². The molecule has 2 fully saturated rings. The van der Waals surface area contributed by atoms with Gasteiger partial charge in [-0.1, -0.05) is 35.6 Å². The number of aliphatic imine (C=N–C) groups is 1. The van der Waals surface area contributed by atoms with Crippen molar-refractivity contribution >= 4 is 52.2 Å². The molecule has 52 heavy (non-hydrogen) atoms. The molecule has 16 heteroatoms. The number of ether oxygens (including phenoxy) is 1. The lowest BCUT2D eigenvalue weighted by Crippen LogP contribution is -2.73. The van der Waals surface area contributed by atoms with Gasteiger partial charge in [-0.3, -0.25) is 14.4 Å². The van der Waals surface area contributed by atoms with Gasteiger partial charge in [0.05, 0.1) is 24.2 Å². The fourth-order valence-electron chi connectivity index (χ4n) is 6.87. The Morgan fingerprint density at radius 1 is 1.06 bits per heavy atom. The molecule has 2 N–H and O–H groups in total. The molecule has 2 aromatic heterocycles. The molecule has 1 atom stereocenters. The molecule has 5 heterocycles. The Kier molecular flexibility index (Phi) is 8.96. The number of nitrogens with zero attached hydrogens (tertiary/aromatic N) is 6. The molecule has 268 valence electrons. The lowest BCUT2D eigenvalue weighted by atomic mass is 9.72. The number of halogens is 4. The summed E-state index contributed by atoms with van der Waals surface area (Å²) in [5.74, 6) is 2.44. The number of esters is 2. The first kappa shape index (κ1) is 35.4. The van der Waals surface area contributed by atoms with Crippen LogP contribution in [-0.4, -0.2) is 82.1 Å². The quantitative estimate of drug-likeness (QED) is 0.169. The van der Waals surface area contributed by atoms with Gasteiger partial charge in [-0.25, -0.2) is 9.59 Å². The summed E-state index contributed by atoms with van der Waals surface area (Å²) in [7, 11) is 0. The Hall–Kier alpha value is -5.04. The van der Waals surface area contributed by atoms with Gasteiger partial charge in [0.25, 0.3) is 0 Å². The van der Waals surface area contributed by atoms with Gasteiger partial charge in [-0.05, 0) is 56.7 Å². The number of aromatic nitrogens is 3. The normalized spacial score (nSPS) is 17.2. The minimum atomic E-state index is -5.32. The minimum Gasteiger partial charge on any atom is -0.383 e. The van der Waals surface area contributed by atoms with Gasteiger partial charge in [0.1, 0.15) is 16.9 Å². The monoisotopic (exact) mass is 749 g/mol. The summed E-state index contributed by atoms with van der Waals surface area (Å²) in [6.07, 6.45) is -5.23. The number of thiophene rings is 1. The van der Waals surface area contributed by atoms with Gasteiger partial charge in [0.15, 0.2) is 5.82 Å². The van der Waals surface area contributed by atoms with Crippen LogP contribution < -0.4 is 10.6 Å². The molecule has 3 aliphatic rings. The molecule has 2 saturated heterocycles. The zero-order chi connectivity index (χ0) is 37.1. The fraction of sp³-hybridized carbons (Fsp3) is 0.333. The molecule has 4 aromatic rings. The molecule has 0 radical (unpaired) electrons. The number of amides is 1. The summed E-state index contributed by atoms with van der Waals surface area (Å²) in [4.78, 5) is 47.6. The maximum atomic E-state index is 13.8. The van der Waals surface area contributed by atoms with E-state index in [1.807, 2.05) is 45.6 Å². The molecule has 3 aliphatic heterocycles. The molecule has 1 amide bonds. The number of alkyl halides is 3. The number of fused-ring (bicyclic) bond motifs is 3. The highest BCUT2D eigenvalue weighted by molar-refractivity contribution is 7.15. The zero-order valence-corrected chi connectivity index (χ0v) is 29.7. The van der Waals surface area contributed by atoms with E-state index in [-0.39, 0.29) is 35.4 Å². The number of nitrogens with two attached hydrogens (primary N) is 1. The van der Waals surface area contributed by atoms with Crippen LogP contribution in [0.3, 0.4) is 0 Å². The largest absolute Gasteiger partial charge is 0.491 e. The second-order valence-corrected chi connectivity index (χ2v) is 14.8. The average Bonchev–Trinajstić information content (AvgIpc) is 3.54. The Morgan fingerprint density at radius 3 is 2.44 bits per heavy atom. The van der Waals surface area contributed by atoms with Crippen molar-refractivity contribution in [1.29, 1.82) is 0 Å². The third-order valence-electron chi connectivity index (χ3n) is 9.51. The molecule has 0 aliphatic carbocycles. The fourth-order valence-corrected chi connectivity index (χ4v) is 8.21. The molecule has 1 spiro atoms. The Balaban J connectivity index is 1.06. The maximum absolute atomic E-state index is 13.8. The summed E-state index contributed by atoms with van der Waals surface area (Å²) in [6.45, 7) is 8.24. The summed E-state index contributed by atoms with van der Waals surface area (Å²) >= 11 is 7.86. The van der Waals surface area contributed by atoms with Crippen LogP contribution in [0, 0.1) is 38.0 Å². The molecule has 0 bridgehead atoms. The number of likely N-dealkylation sites (tertiary alicyclic amines) is 1. The minimum absolute atomic E-state index is 0.0579. The second-order valence-electron chi connectivity index (χ2n) is 13.1. The van der Waals surface area contributed by atoms with Gasteiger partial charge in [0, 0.05) is 63.9 Å². The van der Waals surface area contributed by atoms with Gasteiger partial charge < -0.3 is 20.3 Å². The van der Waals surface area contributed by atoms with Crippen molar-refractivity contribution in [3.63, 3.8) is 0 Å². The highest BCUT2D eigenvalue weighted by atomic mass is 35.5. The van der Waals surface area contributed by atoms with Crippen LogP contribution in [0.2, 0.25) is 5.02 Å². The maximum Gasteiger partial charge on any atom is 0.491 e. The molecule has 0 unspecified atom stereocenters. The average molecular weight is 750 g/mol. The molecular formula is C36H31ClF3N7O4S. The molecule has 2 aromatic carbocycles. The third kappa shape index (κ3) is 6.35. The standard InChI is InChI=1S/C36H31ClF3N7O4S/c1-19-20(2)52-32-29(19)30(22-6-8-24(37)9-7-22)42-27(31-44-43-21(3)47(31)32)14-28(48)46-17-35(18-46)15-45(16-35)25-10-11-26(23(13-25)5-4-12-41)33(49)51-34(50)36(38,39)40/h6-11,13,27H,12,14-18,41H2,1-3H3/t27-/m0/s1. The topological polar surface area (TPSA) is 136 Å². The Bertz CT molecular complexity index is 2220. The number of hydrogen-bond donors (Lipinski definition) is 1. The first-order valence-corrected chi connectivity index (χ1v) is 17.4. The van der Waals surface area contributed by atoms with E-state index in [0.717, 1.165) is 32.3 Å². The van der Waals surface area contributed by atoms with Crippen molar-refractivity contribution in [1.82, 2.24) is 19.7 Å². The number of hydrogen-bond acceptors (Lipinski definition) is 10. The summed E-state index contributed by atoms with van der Waals surface area (Å²) in [6, 6.07) is 11.3. The van der Waals surface area contributed by atoms with Crippen molar-refractivity contribution in [2.45, 2.75) is 39.4 Å². The van der Waals surface area contributed by atoms with Crippen molar-refractivity contribution in [2.24, 2.45) is 16.1 Å². The molecule has 0 saturated carbocycles. The van der Waals surface area contributed by atoms with Gasteiger partial charge in [-0.15, -0.1) is 21.5 Å². The van der Waals surface area contributed by atoms with Crippen LogP contribution in [0.15, 0.2) is 47.5 Å². The van der Waals surface area contributed by atoms with Crippen molar-refractivity contribution in [2.75, 3.05) is 37.6 Å². The highest BCUT2D eigenvalue weighted by Gasteiger charge is 2.53. The first-order chi connectivity index (χ1) is 24.7. The van der Waals surface area contributed by atoms with E-state index in [1.165, 1.54) is 6.07 Å². The van der Waals surface area contributed by atoms with Crippen molar-refractivity contribution in [3.8, 4) is 16.8 Å². The van der Waals surface area contributed by atoms with E-state index in [9.17, 15) is 27.6 Å². The lowest BCUT2D eigenvalue weighted by Gasteiger charge is -2.61. The Morgan fingerprint density at radius 2 is 1.77 bits per heavy atom. The van der Waals surface area contributed by atoms with Crippen LogP contribution in [0.5, 0.6) is 0 Å². The van der Waals surface area contributed by atoms with Gasteiger partial charge >= 0.3 is 18.1 Å². The predicted molar refractivity (Wildman–Crippen MR) is 188 cm³/mol. The number of carbonyl (C=O) groups excluding carboxylic acids is 3. The molecule has 7 rings (SSSR count). The summed E-state index contributed by atoms with van der Waals surface area (Å²) in [5.41, 5.74) is 9.54. The molecule has 11 nitrogen and oxygen atoms in total. The van der Waals surface area contributed by atoms with Crippen LogP contribution in [-0.2, 0) is 14.3 Å². The zero-order valence-electron chi connectivity index (χ0n) is 28.2. The van der Waals surface area contributed by atoms with Crippen molar-refractivity contribution in [3.05, 3.63) is 91.8 Å². The van der Waals surface area contributed by atoms with Crippen LogP contribution >= 0.6 is 22.9 Å². The van der Waals surface area contributed by atoms with Crippen LogP contribution in [0.1, 0.15) is 61.6 Å². The van der Waals surface area contributed by atoms with Gasteiger partial charge in [-0.2, -0.15) is 13.2 Å². The number of carbonyl (C=O) groups is 3.